The minimum absolute atomic E-state index is 0.373. The number of hydrogen-bond donors (Lipinski definition) is 0. The van der Waals surface area contributed by atoms with Crippen LogP contribution in [-0.2, 0) is 19.0 Å². The SMILES string of the molecule is CCn1nc(C)c2nc(CCl)n(Cc3cccc(Cl)c3)c21. The van der Waals surface area contributed by atoms with Crippen LogP contribution < -0.4 is 0 Å². The summed E-state index contributed by atoms with van der Waals surface area (Å²) in [5.41, 5.74) is 4.00. The topological polar surface area (TPSA) is 35.6 Å². The van der Waals surface area contributed by atoms with Gasteiger partial charge in [-0.25, -0.2) is 9.67 Å². The van der Waals surface area contributed by atoms with Crippen LogP contribution in [0.4, 0.5) is 0 Å². The predicted octanol–water partition coefficient (Wildman–Crippen LogP) is 4.00. The molecule has 0 bridgehead atoms. The first-order valence-corrected chi connectivity index (χ1v) is 7.78. The fourth-order valence-electron chi connectivity index (χ4n) is 2.58. The Hall–Kier alpha value is -1.52. The van der Waals surface area contributed by atoms with Crippen LogP contribution >= 0.6 is 23.2 Å². The molecule has 0 amide bonds. The summed E-state index contributed by atoms with van der Waals surface area (Å²) in [6.45, 7) is 5.53. The fourth-order valence-corrected chi connectivity index (χ4v) is 2.99. The molecule has 0 aliphatic heterocycles. The summed E-state index contributed by atoms with van der Waals surface area (Å²) in [6, 6.07) is 7.84. The zero-order chi connectivity index (χ0) is 15.0. The van der Waals surface area contributed by atoms with Crippen LogP contribution in [0, 0.1) is 6.92 Å². The smallest absolute Gasteiger partial charge is 0.159 e. The first-order chi connectivity index (χ1) is 10.1. The lowest BCUT2D eigenvalue weighted by molar-refractivity contribution is 0.639. The summed E-state index contributed by atoms with van der Waals surface area (Å²) in [5.74, 6) is 1.23. The van der Waals surface area contributed by atoms with Crippen molar-refractivity contribution in [2.45, 2.75) is 32.8 Å². The third kappa shape index (κ3) is 2.54. The summed E-state index contributed by atoms with van der Waals surface area (Å²) < 4.78 is 4.09. The fraction of sp³-hybridized carbons (Fsp3) is 0.333. The van der Waals surface area contributed by atoms with E-state index in [1.54, 1.807) is 0 Å². The molecule has 0 atom stereocenters. The Morgan fingerprint density at radius 1 is 1.29 bits per heavy atom. The molecule has 2 heterocycles. The van der Waals surface area contributed by atoms with Gasteiger partial charge in [-0.05, 0) is 31.5 Å². The van der Waals surface area contributed by atoms with Crippen LogP contribution in [0.1, 0.15) is 24.0 Å². The van der Waals surface area contributed by atoms with Gasteiger partial charge in [0.15, 0.2) is 5.65 Å². The van der Waals surface area contributed by atoms with E-state index >= 15 is 0 Å². The molecule has 0 radical (unpaired) electrons. The van der Waals surface area contributed by atoms with E-state index < -0.39 is 0 Å². The van der Waals surface area contributed by atoms with E-state index in [0.29, 0.717) is 12.4 Å². The molecule has 0 N–H and O–H groups in total. The van der Waals surface area contributed by atoms with E-state index in [2.05, 4.69) is 27.6 Å². The van der Waals surface area contributed by atoms with Crippen LogP contribution in [0.5, 0.6) is 0 Å². The number of alkyl halides is 1. The Balaban J connectivity index is 2.15. The quantitative estimate of drug-likeness (QED) is 0.680. The van der Waals surface area contributed by atoms with E-state index in [1.165, 1.54) is 0 Å². The molecule has 3 rings (SSSR count). The van der Waals surface area contributed by atoms with E-state index in [1.807, 2.05) is 29.8 Å². The molecule has 6 heteroatoms. The minimum atomic E-state index is 0.373. The van der Waals surface area contributed by atoms with Gasteiger partial charge >= 0.3 is 0 Å². The lowest BCUT2D eigenvalue weighted by Gasteiger charge is -2.09. The predicted molar refractivity (Wildman–Crippen MR) is 86.0 cm³/mol. The summed E-state index contributed by atoms with van der Waals surface area (Å²) in [7, 11) is 0. The van der Waals surface area contributed by atoms with Gasteiger partial charge in [-0.3, -0.25) is 0 Å². The van der Waals surface area contributed by atoms with Crippen molar-refractivity contribution in [3.05, 3.63) is 46.4 Å². The van der Waals surface area contributed by atoms with Crippen molar-refractivity contribution in [2.75, 3.05) is 0 Å². The highest BCUT2D eigenvalue weighted by molar-refractivity contribution is 6.30. The molecular formula is C15H16Cl2N4. The van der Waals surface area contributed by atoms with Crippen molar-refractivity contribution in [2.24, 2.45) is 0 Å². The van der Waals surface area contributed by atoms with Crippen LogP contribution in [0.25, 0.3) is 11.2 Å². The van der Waals surface area contributed by atoms with Crippen LogP contribution in [-0.4, -0.2) is 19.3 Å². The average Bonchev–Trinajstić information content (AvgIpc) is 2.97. The number of rotatable bonds is 4. The molecule has 0 saturated heterocycles. The zero-order valence-electron chi connectivity index (χ0n) is 12.0. The van der Waals surface area contributed by atoms with Gasteiger partial charge in [0.2, 0.25) is 0 Å². The molecule has 2 aromatic heterocycles. The third-order valence-corrected chi connectivity index (χ3v) is 4.00. The number of imidazole rings is 1. The van der Waals surface area contributed by atoms with Gasteiger partial charge < -0.3 is 4.57 Å². The summed E-state index contributed by atoms with van der Waals surface area (Å²) >= 11 is 12.1. The molecule has 1 aromatic carbocycles. The Kier molecular flexibility index (Phi) is 3.91. The van der Waals surface area contributed by atoms with E-state index in [0.717, 1.165) is 39.8 Å². The second-order valence-corrected chi connectivity index (χ2v) is 5.65. The Morgan fingerprint density at radius 3 is 2.76 bits per heavy atom. The molecule has 3 aromatic rings. The maximum atomic E-state index is 6.07. The molecule has 0 fully saturated rings. The zero-order valence-corrected chi connectivity index (χ0v) is 13.5. The molecule has 0 aliphatic rings. The lowest BCUT2D eigenvalue weighted by atomic mass is 10.2. The largest absolute Gasteiger partial charge is 0.307 e. The monoisotopic (exact) mass is 322 g/mol. The molecule has 21 heavy (non-hydrogen) atoms. The molecule has 0 unspecified atom stereocenters. The van der Waals surface area contributed by atoms with Crippen molar-refractivity contribution in [1.29, 1.82) is 0 Å². The van der Waals surface area contributed by atoms with Crippen molar-refractivity contribution >= 4 is 34.4 Å². The normalized spacial score (nSPS) is 11.4. The van der Waals surface area contributed by atoms with E-state index in [-0.39, 0.29) is 0 Å². The van der Waals surface area contributed by atoms with Crippen LogP contribution in [0.15, 0.2) is 24.3 Å². The standard InChI is InChI=1S/C15H16Cl2N4/c1-3-21-15-14(10(2)19-21)18-13(8-16)20(15)9-11-5-4-6-12(17)7-11/h4-7H,3,8-9H2,1-2H3. The van der Waals surface area contributed by atoms with Crippen LogP contribution in [0.2, 0.25) is 5.02 Å². The Morgan fingerprint density at radius 2 is 2.10 bits per heavy atom. The first kappa shape index (κ1) is 14.4. The molecule has 0 saturated carbocycles. The number of nitrogens with zero attached hydrogens (tertiary/aromatic N) is 4. The summed E-state index contributed by atoms with van der Waals surface area (Å²) in [4.78, 5) is 4.63. The Labute approximate surface area is 133 Å². The van der Waals surface area contributed by atoms with Crippen molar-refractivity contribution in [3.63, 3.8) is 0 Å². The second kappa shape index (κ2) is 5.70. The second-order valence-electron chi connectivity index (χ2n) is 4.95. The average molecular weight is 323 g/mol. The Bertz CT molecular complexity index is 788. The van der Waals surface area contributed by atoms with Gasteiger partial charge in [-0.1, -0.05) is 23.7 Å². The number of halogens is 2. The summed E-state index contributed by atoms with van der Waals surface area (Å²) in [6.07, 6.45) is 0. The first-order valence-electron chi connectivity index (χ1n) is 6.87. The minimum Gasteiger partial charge on any atom is -0.307 e. The highest BCUT2D eigenvalue weighted by Crippen LogP contribution is 2.23. The van der Waals surface area contributed by atoms with Gasteiger partial charge in [-0.2, -0.15) is 5.10 Å². The third-order valence-electron chi connectivity index (χ3n) is 3.53. The molecule has 0 spiro atoms. The molecule has 0 aliphatic carbocycles. The van der Waals surface area contributed by atoms with Crippen molar-refractivity contribution in [3.8, 4) is 0 Å². The van der Waals surface area contributed by atoms with Gasteiger partial charge in [0.05, 0.1) is 18.1 Å². The number of hydrogen-bond acceptors (Lipinski definition) is 2. The van der Waals surface area contributed by atoms with Gasteiger partial charge in [0.25, 0.3) is 0 Å². The van der Waals surface area contributed by atoms with Gasteiger partial charge in [-0.15, -0.1) is 11.6 Å². The maximum absolute atomic E-state index is 6.07. The highest BCUT2D eigenvalue weighted by atomic mass is 35.5. The van der Waals surface area contributed by atoms with Gasteiger partial charge in [0.1, 0.15) is 11.3 Å². The van der Waals surface area contributed by atoms with Crippen LogP contribution in [0.3, 0.4) is 0 Å². The van der Waals surface area contributed by atoms with E-state index in [4.69, 9.17) is 23.2 Å². The molecule has 4 nitrogen and oxygen atoms in total. The lowest BCUT2D eigenvalue weighted by Crippen LogP contribution is -2.09. The van der Waals surface area contributed by atoms with Crippen molar-refractivity contribution in [1.82, 2.24) is 19.3 Å². The maximum Gasteiger partial charge on any atom is 0.159 e. The number of aromatic nitrogens is 4. The van der Waals surface area contributed by atoms with Crippen molar-refractivity contribution < 1.29 is 0 Å². The molecular weight excluding hydrogens is 307 g/mol. The summed E-state index contributed by atoms with van der Waals surface area (Å²) in [5, 5.41) is 5.26. The number of fused-ring (bicyclic) bond motifs is 1. The number of benzene rings is 1. The van der Waals surface area contributed by atoms with Gasteiger partial charge in [0, 0.05) is 11.6 Å². The van der Waals surface area contributed by atoms with E-state index in [9.17, 15) is 0 Å². The number of aryl methyl sites for hydroxylation is 2. The highest BCUT2D eigenvalue weighted by Gasteiger charge is 2.17. The molecule has 110 valence electrons.